The fourth-order valence-electron chi connectivity index (χ4n) is 1.69. The third-order valence-corrected chi connectivity index (χ3v) is 2.74. The van der Waals surface area contributed by atoms with E-state index in [0.29, 0.717) is 0 Å². The van der Waals surface area contributed by atoms with Crippen LogP contribution in [0, 0.1) is 5.41 Å². The monoisotopic (exact) mass is 184 g/mol. The number of urea groups is 1. The van der Waals surface area contributed by atoms with E-state index >= 15 is 0 Å². The van der Waals surface area contributed by atoms with Crippen molar-refractivity contribution in [3.05, 3.63) is 0 Å². The second-order valence-corrected chi connectivity index (χ2v) is 4.30. The van der Waals surface area contributed by atoms with Crippen molar-refractivity contribution in [3.8, 4) is 0 Å². The summed E-state index contributed by atoms with van der Waals surface area (Å²) in [5, 5.41) is 5.70. The van der Waals surface area contributed by atoms with Gasteiger partial charge in [-0.2, -0.15) is 0 Å². The van der Waals surface area contributed by atoms with Crippen LogP contribution in [0.5, 0.6) is 0 Å². The molecule has 0 radical (unpaired) electrons. The first-order chi connectivity index (χ1) is 6.16. The third-order valence-electron chi connectivity index (χ3n) is 2.74. The van der Waals surface area contributed by atoms with Crippen molar-refractivity contribution in [3.63, 3.8) is 0 Å². The van der Waals surface area contributed by atoms with E-state index < -0.39 is 0 Å². The number of amides is 2. The summed E-state index contributed by atoms with van der Waals surface area (Å²) in [6, 6.07) is -0.0204. The van der Waals surface area contributed by atoms with Crippen LogP contribution in [0.1, 0.15) is 39.5 Å². The van der Waals surface area contributed by atoms with Gasteiger partial charge in [0, 0.05) is 18.5 Å². The molecule has 13 heavy (non-hydrogen) atoms. The number of carbonyl (C=O) groups excluding carboxylic acids is 1. The predicted octanol–water partition coefficient (Wildman–Crippen LogP) is 1.89. The van der Waals surface area contributed by atoms with Gasteiger partial charge in [-0.3, -0.25) is 0 Å². The van der Waals surface area contributed by atoms with Crippen LogP contribution in [-0.2, 0) is 0 Å². The maximum absolute atomic E-state index is 10.9. The number of unbranched alkanes of at least 4 members (excludes halogenated alkanes) is 2. The standard InChI is InChI=1S/C10H20N2O/c1-3-4-5-6-10(2)7-11-9(13)12-8-10/h3-8H2,1-2H3,(H2,11,12,13). The molecule has 0 saturated carbocycles. The quantitative estimate of drug-likeness (QED) is 0.644. The number of hydrogen-bond donors (Lipinski definition) is 2. The molecule has 1 aliphatic heterocycles. The maximum atomic E-state index is 10.9. The van der Waals surface area contributed by atoms with Crippen molar-refractivity contribution in [2.75, 3.05) is 13.1 Å². The molecule has 0 aromatic carbocycles. The van der Waals surface area contributed by atoms with Gasteiger partial charge in [-0.25, -0.2) is 4.79 Å². The lowest BCUT2D eigenvalue weighted by atomic mass is 9.83. The zero-order valence-corrected chi connectivity index (χ0v) is 8.65. The highest BCUT2D eigenvalue weighted by atomic mass is 16.2. The Balaban J connectivity index is 2.26. The van der Waals surface area contributed by atoms with Gasteiger partial charge in [-0.1, -0.05) is 33.1 Å². The van der Waals surface area contributed by atoms with Crippen LogP contribution in [0.3, 0.4) is 0 Å². The molecule has 0 aliphatic carbocycles. The molecule has 1 heterocycles. The van der Waals surface area contributed by atoms with Crippen molar-refractivity contribution in [1.82, 2.24) is 10.6 Å². The lowest BCUT2D eigenvalue weighted by Gasteiger charge is -2.34. The molecule has 0 bridgehead atoms. The second-order valence-electron chi connectivity index (χ2n) is 4.30. The van der Waals surface area contributed by atoms with Crippen LogP contribution in [0.2, 0.25) is 0 Å². The van der Waals surface area contributed by atoms with E-state index in [1.54, 1.807) is 0 Å². The van der Waals surface area contributed by atoms with Crippen molar-refractivity contribution in [2.45, 2.75) is 39.5 Å². The van der Waals surface area contributed by atoms with Crippen LogP contribution in [0.4, 0.5) is 4.79 Å². The SMILES string of the molecule is CCCCCC1(C)CNC(=O)NC1. The summed E-state index contributed by atoms with van der Waals surface area (Å²) in [5.41, 5.74) is 0.267. The van der Waals surface area contributed by atoms with Gasteiger partial charge in [-0.05, 0) is 6.42 Å². The lowest BCUT2D eigenvalue weighted by Crippen LogP contribution is -2.53. The molecule has 1 rings (SSSR count). The molecule has 1 fully saturated rings. The summed E-state index contributed by atoms with van der Waals surface area (Å²) in [4.78, 5) is 10.9. The van der Waals surface area contributed by atoms with E-state index in [9.17, 15) is 4.79 Å². The van der Waals surface area contributed by atoms with Gasteiger partial charge >= 0.3 is 6.03 Å². The Kier molecular flexibility index (Phi) is 3.58. The first-order valence-corrected chi connectivity index (χ1v) is 5.18. The highest BCUT2D eigenvalue weighted by Crippen LogP contribution is 2.24. The molecule has 1 saturated heterocycles. The van der Waals surface area contributed by atoms with Crippen LogP contribution >= 0.6 is 0 Å². The molecule has 3 heteroatoms. The average Bonchev–Trinajstić information content (AvgIpc) is 2.12. The van der Waals surface area contributed by atoms with Gasteiger partial charge in [-0.15, -0.1) is 0 Å². The number of nitrogens with one attached hydrogen (secondary N) is 2. The summed E-state index contributed by atoms with van der Waals surface area (Å²) in [5.74, 6) is 0. The summed E-state index contributed by atoms with van der Waals surface area (Å²) in [6.07, 6.45) is 5.03. The molecular formula is C10H20N2O. The molecular weight excluding hydrogens is 164 g/mol. The molecule has 0 atom stereocenters. The Labute approximate surface area is 80.3 Å². The number of rotatable bonds is 4. The largest absolute Gasteiger partial charge is 0.338 e. The van der Waals surface area contributed by atoms with E-state index in [1.165, 1.54) is 25.7 Å². The molecule has 3 nitrogen and oxygen atoms in total. The highest BCUT2D eigenvalue weighted by Gasteiger charge is 2.28. The van der Waals surface area contributed by atoms with Gasteiger partial charge in [0.25, 0.3) is 0 Å². The Bertz CT molecular complexity index is 170. The van der Waals surface area contributed by atoms with Crippen LogP contribution in [-0.4, -0.2) is 19.1 Å². The van der Waals surface area contributed by atoms with Crippen molar-refractivity contribution >= 4 is 6.03 Å². The van der Waals surface area contributed by atoms with Crippen molar-refractivity contribution in [2.24, 2.45) is 5.41 Å². The summed E-state index contributed by atoms with van der Waals surface area (Å²) in [6.45, 7) is 6.09. The average molecular weight is 184 g/mol. The van der Waals surface area contributed by atoms with Gasteiger partial charge in [0.2, 0.25) is 0 Å². The van der Waals surface area contributed by atoms with Crippen molar-refractivity contribution < 1.29 is 4.79 Å². The molecule has 0 aromatic heterocycles. The normalized spacial score (nSPS) is 20.6. The molecule has 1 aliphatic rings. The first kappa shape index (κ1) is 10.4. The minimum atomic E-state index is -0.0204. The van der Waals surface area contributed by atoms with Gasteiger partial charge < -0.3 is 10.6 Å². The Morgan fingerprint density at radius 3 is 2.46 bits per heavy atom. The zero-order chi connectivity index (χ0) is 9.73. The molecule has 2 N–H and O–H groups in total. The highest BCUT2D eigenvalue weighted by molar-refractivity contribution is 5.74. The summed E-state index contributed by atoms with van der Waals surface area (Å²) in [7, 11) is 0. The minimum absolute atomic E-state index is 0.0204. The van der Waals surface area contributed by atoms with Crippen molar-refractivity contribution in [1.29, 1.82) is 0 Å². The Hall–Kier alpha value is -0.730. The van der Waals surface area contributed by atoms with E-state index in [1.807, 2.05) is 0 Å². The van der Waals surface area contributed by atoms with Crippen LogP contribution < -0.4 is 10.6 Å². The molecule has 2 amide bonds. The predicted molar refractivity (Wildman–Crippen MR) is 53.7 cm³/mol. The number of hydrogen-bond acceptors (Lipinski definition) is 1. The first-order valence-electron chi connectivity index (χ1n) is 5.18. The Morgan fingerprint density at radius 2 is 1.92 bits per heavy atom. The van der Waals surface area contributed by atoms with Crippen LogP contribution in [0.15, 0.2) is 0 Å². The smallest absolute Gasteiger partial charge is 0.314 e. The van der Waals surface area contributed by atoms with Crippen LogP contribution in [0.25, 0.3) is 0 Å². The molecule has 0 unspecified atom stereocenters. The second kappa shape index (κ2) is 4.49. The molecule has 0 aromatic rings. The van der Waals surface area contributed by atoms with E-state index in [2.05, 4.69) is 24.5 Å². The van der Waals surface area contributed by atoms with E-state index in [-0.39, 0.29) is 11.4 Å². The summed E-state index contributed by atoms with van der Waals surface area (Å²) >= 11 is 0. The van der Waals surface area contributed by atoms with Gasteiger partial charge in [0.05, 0.1) is 0 Å². The van der Waals surface area contributed by atoms with Gasteiger partial charge in [0.1, 0.15) is 0 Å². The van der Waals surface area contributed by atoms with E-state index in [0.717, 1.165) is 13.1 Å². The molecule has 76 valence electrons. The third kappa shape index (κ3) is 3.25. The maximum Gasteiger partial charge on any atom is 0.314 e. The molecule has 0 spiro atoms. The fraction of sp³-hybridized carbons (Fsp3) is 0.900. The van der Waals surface area contributed by atoms with Gasteiger partial charge in [0.15, 0.2) is 0 Å². The Morgan fingerprint density at radius 1 is 1.31 bits per heavy atom. The summed E-state index contributed by atoms with van der Waals surface area (Å²) < 4.78 is 0. The topological polar surface area (TPSA) is 41.1 Å². The van der Waals surface area contributed by atoms with E-state index in [4.69, 9.17) is 0 Å². The minimum Gasteiger partial charge on any atom is -0.338 e. The zero-order valence-electron chi connectivity index (χ0n) is 8.65. The fourth-order valence-corrected chi connectivity index (χ4v) is 1.69. The number of carbonyl (C=O) groups is 1. The lowest BCUT2D eigenvalue weighted by molar-refractivity contribution is 0.196.